The van der Waals surface area contributed by atoms with Gasteiger partial charge in [0.25, 0.3) is 11.5 Å². The topological polar surface area (TPSA) is 68.9 Å². The summed E-state index contributed by atoms with van der Waals surface area (Å²) >= 11 is 0. The Kier molecular flexibility index (Phi) is 6.33. The number of nitrogens with zero attached hydrogens (tertiary/aromatic N) is 3. The number of hydrogen-bond acceptors (Lipinski definition) is 3. The molecule has 0 saturated heterocycles. The summed E-state index contributed by atoms with van der Waals surface area (Å²) < 4.78 is 17.3. The number of aromatic nitrogens is 3. The molecule has 1 amide bonds. The third-order valence-electron chi connectivity index (χ3n) is 6.10. The van der Waals surface area contributed by atoms with Crippen LogP contribution in [0.1, 0.15) is 59.9 Å². The van der Waals surface area contributed by atoms with E-state index in [9.17, 15) is 14.0 Å². The highest BCUT2D eigenvalue weighted by atomic mass is 31.0. The summed E-state index contributed by atoms with van der Waals surface area (Å²) in [4.78, 5) is 30.3. The lowest BCUT2D eigenvalue weighted by molar-refractivity contribution is 0.0938. The predicted octanol–water partition coefficient (Wildman–Crippen LogP) is 4.12. The normalized spacial score (nSPS) is 17.4. The van der Waals surface area contributed by atoms with Gasteiger partial charge in [0.2, 0.25) is 0 Å². The summed E-state index contributed by atoms with van der Waals surface area (Å²) in [5.41, 5.74) is 1.89. The standard InChI is InChI=1S/C23H27FN4O2P2/c1-14(16-4-3-5-17(10-16)15(2)31)26-21(30)18-12-28(23(6-7-23)22(24)32)20(29)11-19(18)27-9-8-25-13-27/h3-5,8-15,22H,6-7,31-32H2,1-2H3,(H,26,30)/t14-,15?,22?/m1/s1. The molecule has 2 heterocycles. The first-order valence-electron chi connectivity index (χ1n) is 10.5. The highest BCUT2D eigenvalue weighted by Gasteiger charge is 2.51. The number of nitrogens with one attached hydrogen (secondary N) is 1. The number of hydrogen-bond donors (Lipinski definition) is 1. The van der Waals surface area contributed by atoms with E-state index >= 15 is 0 Å². The number of carbonyl (C=O) groups is 1. The summed E-state index contributed by atoms with van der Waals surface area (Å²) in [6.45, 7) is 4.01. The van der Waals surface area contributed by atoms with Crippen LogP contribution < -0.4 is 10.9 Å². The third kappa shape index (κ3) is 4.29. The van der Waals surface area contributed by atoms with Gasteiger partial charge in [-0.3, -0.25) is 9.59 Å². The minimum absolute atomic E-state index is 0.257. The number of imidazole rings is 1. The molecule has 2 aromatic heterocycles. The van der Waals surface area contributed by atoms with Crippen LogP contribution in [-0.4, -0.2) is 25.9 Å². The Labute approximate surface area is 191 Å². The average Bonchev–Trinajstić information content (AvgIpc) is 3.39. The van der Waals surface area contributed by atoms with Gasteiger partial charge in [0.05, 0.1) is 29.2 Å². The molecule has 0 radical (unpaired) electrons. The molecule has 1 N–H and O–H groups in total. The zero-order chi connectivity index (χ0) is 23.0. The van der Waals surface area contributed by atoms with Crippen molar-refractivity contribution in [2.75, 3.05) is 0 Å². The molecule has 9 heteroatoms. The number of carbonyl (C=O) groups excluding carboxylic acids is 1. The van der Waals surface area contributed by atoms with Gasteiger partial charge in [-0.15, -0.1) is 9.24 Å². The molecule has 4 unspecified atom stereocenters. The molecule has 5 atom stereocenters. The number of benzene rings is 1. The largest absolute Gasteiger partial charge is 0.345 e. The van der Waals surface area contributed by atoms with E-state index in [-0.39, 0.29) is 17.5 Å². The highest BCUT2D eigenvalue weighted by Crippen LogP contribution is 2.49. The molecular weight excluding hydrogens is 445 g/mol. The van der Waals surface area contributed by atoms with Crippen LogP contribution in [0.25, 0.3) is 5.69 Å². The first-order valence-corrected chi connectivity index (χ1v) is 11.9. The van der Waals surface area contributed by atoms with Crippen LogP contribution in [0.2, 0.25) is 0 Å². The second-order valence-corrected chi connectivity index (χ2v) is 10.00. The van der Waals surface area contributed by atoms with Gasteiger partial charge < -0.3 is 14.5 Å². The first kappa shape index (κ1) is 22.8. The van der Waals surface area contributed by atoms with E-state index < -0.39 is 11.5 Å². The van der Waals surface area contributed by atoms with Crippen LogP contribution >= 0.6 is 18.5 Å². The summed E-state index contributed by atoms with van der Waals surface area (Å²) in [6.07, 6.45) is 7.38. The van der Waals surface area contributed by atoms with Crippen molar-refractivity contribution in [2.45, 2.75) is 49.8 Å². The van der Waals surface area contributed by atoms with Crippen molar-refractivity contribution >= 4 is 24.4 Å². The third-order valence-corrected chi connectivity index (χ3v) is 7.10. The van der Waals surface area contributed by atoms with Crippen LogP contribution in [0.4, 0.5) is 4.39 Å². The molecule has 3 aromatic rings. The Bertz CT molecular complexity index is 1190. The summed E-state index contributed by atoms with van der Waals surface area (Å²) in [5, 5.41) is 3.03. The molecule has 168 valence electrons. The zero-order valence-electron chi connectivity index (χ0n) is 18.0. The Hall–Kier alpha value is -2.36. The maximum Gasteiger partial charge on any atom is 0.255 e. The van der Waals surface area contributed by atoms with E-state index in [2.05, 4.69) is 41.8 Å². The van der Waals surface area contributed by atoms with Crippen LogP contribution in [0.15, 0.2) is 60.0 Å². The molecule has 1 aromatic carbocycles. The van der Waals surface area contributed by atoms with Crippen LogP contribution in [-0.2, 0) is 5.54 Å². The lowest BCUT2D eigenvalue weighted by atomic mass is 10.0. The molecule has 0 spiro atoms. The van der Waals surface area contributed by atoms with Gasteiger partial charge in [0.1, 0.15) is 5.91 Å². The number of rotatable bonds is 7. The molecule has 1 aliphatic rings. The van der Waals surface area contributed by atoms with Crippen molar-refractivity contribution in [1.82, 2.24) is 19.4 Å². The maximum absolute atomic E-state index is 14.3. The Balaban J connectivity index is 1.72. The molecule has 1 aliphatic carbocycles. The van der Waals surface area contributed by atoms with Gasteiger partial charge >= 0.3 is 0 Å². The molecule has 6 nitrogen and oxygen atoms in total. The maximum atomic E-state index is 14.3. The van der Waals surface area contributed by atoms with Crippen LogP contribution in [0.3, 0.4) is 0 Å². The summed E-state index contributed by atoms with van der Waals surface area (Å²) in [6, 6.07) is 9.19. The van der Waals surface area contributed by atoms with E-state index in [1.165, 1.54) is 23.2 Å². The molecule has 0 bridgehead atoms. The molecule has 32 heavy (non-hydrogen) atoms. The van der Waals surface area contributed by atoms with E-state index in [1.54, 1.807) is 17.0 Å². The first-order chi connectivity index (χ1) is 15.2. The van der Waals surface area contributed by atoms with Crippen LogP contribution in [0.5, 0.6) is 0 Å². The highest BCUT2D eigenvalue weighted by molar-refractivity contribution is 7.17. The van der Waals surface area contributed by atoms with E-state index in [4.69, 9.17) is 0 Å². The zero-order valence-corrected chi connectivity index (χ0v) is 20.3. The van der Waals surface area contributed by atoms with Gasteiger partial charge in [0.15, 0.2) is 0 Å². The number of alkyl halides is 1. The second kappa shape index (κ2) is 8.88. The summed E-state index contributed by atoms with van der Waals surface area (Å²) in [5.74, 6) is -1.61. The van der Waals surface area contributed by atoms with E-state index in [1.807, 2.05) is 25.1 Å². The van der Waals surface area contributed by atoms with Gasteiger partial charge in [-0.25, -0.2) is 9.37 Å². The minimum atomic E-state index is -1.27. The second-order valence-electron chi connectivity index (χ2n) is 8.41. The molecule has 4 rings (SSSR count). The molecule has 0 aliphatic heterocycles. The van der Waals surface area contributed by atoms with Crippen molar-refractivity contribution in [1.29, 1.82) is 0 Å². The minimum Gasteiger partial charge on any atom is -0.345 e. The van der Waals surface area contributed by atoms with Crippen molar-refractivity contribution in [3.8, 4) is 5.69 Å². The van der Waals surface area contributed by atoms with Crippen molar-refractivity contribution in [3.05, 3.63) is 82.3 Å². The lowest BCUT2D eigenvalue weighted by Gasteiger charge is -2.23. The van der Waals surface area contributed by atoms with Gasteiger partial charge in [-0.1, -0.05) is 40.4 Å². The Morgan fingerprint density at radius 2 is 1.94 bits per heavy atom. The predicted molar refractivity (Wildman–Crippen MR) is 130 cm³/mol. The quantitative estimate of drug-likeness (QED) is 0.526. The monoisotopic (exact) mass is 472 g/mol. The smallest absolute Gasteiger partial charge is 0.255 e. The van der Waals surface area contributed by atoms with Gasteiger partial charge in [-0.2, -0.15) is 0 Å². The van der Waals surface area contributed by atoms with Gasteiger partial charge in [0, 0.05) is 24.7 Å². The lowest BCUT2D eigenvalue weighted by Crippen LogP contribution is -2.37. The Morgan fingerprint density at radius 3 is 2.53 bits per heavy atom. The molecule has 1 fully saturated rings. The van der Waals surface area contributed by atoms with Gasteiger partial charge in [-0.05, 0) is 36.6 Å². The summed E-state index contributed by atoms with van der Waals surface area (Å²) in [7, 11) is 4.91. The fourth-order valence-electron chi connectivity index (χ4n) is 3.91. The number of amides is 1. The van der Waals surface area contributed by atoms with Crippen molar-refractivity contribution in [3.63, 3.8) is 0 Å². The fourth-order valence-corrected chi connectivity index (χ4v) is 4.61. The van der Waals surface area contributed by atoms with E-state index in [0.717, 1.165) is 11.1 Å². The SMILES string of the molecule is CC(P)c1cccc([C@@H](C)NC(=O)c2cn(C3(C(F)P)CC3)c(=O)cc2-n2ccnc2)c1. The van der Waals surface area contributed by atoms with E-state index in [0.29, 0.717) is 29.8 Å². The average molecular weight is 472 g/mol. The molecular formula is C23H27FN4O2P2. The molecule has 1 saturated carbocycles. The Morgan fingerprint density at radius 1 is 1.22 bits per heavy atom. The van der Waals surface area contributed by atoms with Crippen LogP contribution in [0, 0.1) is 0 Å². The fraction of sp³-hybridized carbons (Fsp3) is 0.348. The van der Waals surface area contributed by atoms with Crippen molar-refractivity contribution < 1.29 is 9.18 Å². The number of pyridine rings is 1. The number of halogens is 1. The van der Waals surface area contributed by atoms with Crippen molar-refractivity contribution in [2.24, 2.45) is 0 Å².